The van der Waals surface area contributed by atoms with Crippen LogP contribution in [0.1, 0.15) is 11.1 Å². The molecule has 150 valence electrons. The number of anilines is 2. The number of hydrogen-bond acceptors (Lipinski definition) is 6. The molecule has 3 aromatic heterocycles. The number of aryl methyl sites for hydroxylation is 1. The highest BCUT2D eigenvalue weighted by Gasteiger charge is 2.19. The van der Waals surface area contributed by atoms with Crippen molar-refractivity contribution in [2.24, 2.45) is 0 Å². The molecule has 30 heavy (non-hydrogen) atoms. The third-order valence-electron chi connectivity index (χ3n) is 4.73. The van der Waals surface area contributed by atoms with Gasteiger partial charge >= 0.3 is 7.12 Å². The quantitative estimate of drug-likeness (QED) is 0.452. The second kappa shape index (κ2) is 7.77. The van der Waals surface area contributed by atoms with E-state index in [-0.39, 0.29) is 16.4 Å². The lowest BCUT2D eigenvalue weighted by Crippen LogP contribution is -2.30. The average Bonchev–Trinajstić information content (AvgIpc) is 2.69. The Balaban J connectivity index is 1.97. The van der Waals surface area contributed by atoms with Crippen LogP contribution in [0, 0.1) is 25.5 Å². The van der Waals surface area contributed by atoms with Gasteiger partial charge in [-0.05, 0) is 37.6 Å². The van der Waals surface area contributed by atoms with Crippen LogP contribution < -0.4 is 10.8 Å². The number of hydrogen-bond donors (Lipinski definition) is 3. The van der Waals surface area contributed by atoms with Crippen LogP contribution in [0.25, 0.3) is 22.3 Å². The van der Waals surface area contributed by atoms with E-state index in [4.69, 9.17) is 0 Å². The molecule has 6 nitrogen and oxygen atoms in total. The molecule has 0 atom stereocenters. The molecular formula is C21H17BF2N4O2. The first-order chi connectivity index (χ1) is 14.3. The van der Waals surface area contributed by atoms with E-state index >= 15 is 0 Å². The minimum absolute atomic E-state index is 0.111. The Hall–Kier alpha value is -3.43. The van der Waals surface area contributed by atoms with Gasteiger partial charge in [-0.1, -0.05) is 0 Å². The van der Waals surface area contributed by atoms with Crippen molar-refractivity contribution in [3.05, 3.63) is 71.7 Å². The maximum Gasteiger partial charge on any atom is 0.490 e. The first kappa shape index (κ1) is 19.9. The summed E-state index contributed by atoms with van der Waals surface area (Å²) in [5, 5.41) is 22.0. The van der Waals surface area contributed by atoms with Crippen LogP contribution in [-0.2, 0) is 0 Å². The average molecular weight is 406 g/mol. The summed E-state index contributed by atoms with van der Waals surface area (Å²) in [6.45, 7) is 3.67. The Labute approximate surface area is 171 Å². The van der Waals surface area contributed by atoms with Gasteiger partial charge in [-0.3, -0.25) is 9.97 Å². The van der Waals surface area contributed by atoms with E-state index < -0.39 is 18.8 Å². The van der Waals surface area contributed by atoms with Crippen molar-refractivity contribution in [2.45, 2.75) is 13.8 Å². The summed E-state index contributed by atoms with van der Waals surface area (Å²) in [7, 11) is -1.70. The van der Waals surface area contributed by atoms with Gasteiger partial charge in [0.1, 0.15) is 11.6 Å². The maximum absolute atomic E-state index is 14.8. The van der Waals surface area contributed by atoms with Crippen molar-refractivity contribution < 1.29 is 18.8 Å². The highest BCUT2D eigenvalue weighted by Crippen LogP contribution is 2.36. The van der Waals surface area contributed by atoms with Gasteiger partial charge in [0.2, 0.25) is 0 Å². The van der Waals surface area contributed by atoms with E-state index in [0.717, 1.165) is 17.7 Å². The lowest BCUT2D eigenvalue weighted by atomic mass is 9.81. The molecule has 0 unspecified atom stereocenters. The molecule has 9 heteroatoms. The van der Waals surface area contributed by atoms with Crippen LogP contribution in [-0.4, -0.2) is 32.1 Å². The lowest BCUT2D eigenvalue weighted by Gasteiger charge is -2.17. The number of nitrogens with zero attached hydrogens (tertiary/aromatic N) is 3. The minimum Gasteiger partial charge on any atom is -0.423 e. The predicted molar refractivity (Wildman–Crippen MR) is 112 cm³/mol. The third kappa shape index (κ3) is 3.72. The SMILES string of the molecule is Cc1ccnc(-c2nc3cc(F)cc(F)c3c(Nc3cncc(B(O)O)c3)c2C)c1. The second-order valence-corrected chi connectivity index (χ2v) is 6.97. The predicted octanol–water partition coefficient (Wildman–Crippen LogP) is 3.01. The molecule has 4 rings (SSSR count). The minimum atomic E-state index is -1.70. The Bertz CT molecular complexity index is 1270. The van der Waals surface area contributed by atoms with E-state index in [1.54, 1.807) is 13.1 Å². The molecule has 0 saturated carbocycles. The fraction of sp³-hybridized carbons (Fsp3) is 0.0952. The molecule has 0 aliphatic carbocycles. The summed E-state index contributed by atoms with van der Waals surface area (Å²) < 4.78 is 28.7. The standard InChI is InChI=1S/C21H17BF2N4O2/c1-11-3-4-26-18(5-11)20-12(2)21(19-16(24)7-14(23)8-17(19)28-20)27-15-6-13(22(29)30)9-25-10-15/h3-10,29-30H,1-2H3,(H,27,28). The smallest absolute Gasteiger partial charge is 0.423 e. The number of benzene rings is 1. The van der Waals surface area contributed by atoms with Crippen molar-refractivity contribution in [1.82, 2.24) is 15.0 Å². The second-order valence-electron chi connectivity index (χ2n) is 6.97. The molecule has 0 radical (unpaired) electrons. The fourth-order valence-electron chi connectivity index (χ4n) is 3.29. The van der Waals surface area contributed by atoms with Crippen molar-refractivity contribution in [3.63, 3.8) is 0 Å². The van der Waals surface area contributed by atoms with Crippen molar-refractivity contribution in [3.8, 4) is 11.4 Å². The molecular weight excluding hydrogens is 389 g/mol. The zero-order valence-electron chi connectivity index (χ0n) is 16.2. The largest absolute Gasteiger partial charge is 0.490 e. The Morgan fingerprint density at radius 3 is 2.57 bits per heavy atom. The summed E-state index contributed by atoms with van der Waals surface area (Å²) in [6.07, 6.45) is 4.42. The molecule has 0 amide bonds. The number of fused-ring (bicyclic) bond motifs is 1. The normalized spacial score (nSPS) is 11.0. The van der Waals surface area contributed by atoms with E-state index in [1.165, 1.54) is 18.5 Å². The van der Waals surface area contributed by atoms with Crippen LogP contribution in [0.15, 0.2) is 48.9 Å². The van der Waals surface area contributed by atoms with E-state index in [1.807, 2.05) is 19.1 Å². The van der Waals surface area contributed by atoms with Crippen LogP contribution in [0.2, 0.25) is 0 Å². The van der Waals surface area contributed by atoms with E-state index in [2.05, 4.69) is 20.3 Å². The lowest BCUT2D eigenvalue weighted by molar-refractivity contribution is 0.425. The van der Waals surface area contributed by atoms with Crippen LogP contribution >= 0.6 is 0 Å². The topological polar surface area (TPSA) is 91.2 Å². The monoisotopic (exact) mass is 406 g/mol. The number of nitrogens with one attached hydrogen (secondary N) is 1. The van der Waals surface area contributed by atoms with Gasteiger partial charge in [0.25, 0.3) is 0 Å². The molecule has 0 aliphatic rings. The first-order valence-corrected chi connectivity index (χ1v) is 9.14. The molecule has 1 aromatic carbocycles. The first-order valence-electron chi connectivity index (χ1n) is 9.14. The fourth-order valence-corrected chi connectivity index (χ4v) is 3.29. The van der Waals surface area contributed by atoms with Gasteiger partial charge in [-0.25, -0.2) is 13.8 Å². The number of pyridine rings is 3. The molecule has 0 fully saturated rings. The van der Waals surface area contributed by atoms with Crippen molar-refractivity contribution in [1.29, 1.82) is 0 Å². The number of aromatic nitrogens is 3. The molecule has 0 spiro atoms. The van der Waals surface area contributed by atoms with Crippen LogP contribution in [0.5, 0.6) is 0 Å². The highest BCUT2D eigenvalue weighted by atomic mass is 19.1. The van der Waals surface area contributed by atoms with Crippen LogP contribution in [0.3, 0.4) is 0 Å². The molecule has 4 aromatic rings. The maximum atomic E-state index is 14.8. The van der Waals surface area contributed by atoms with Crippen LogP contribution in [0.4, 0.5) is 20.2 Å². The summed E-state index contributed by atoms with van der Waals surface area (Å²) in [5.74, 6) is -1.50. The summed E-state index contributed by atoms with van der Waals surface area (Å²) in [6, 6.07) is 7.12. The molecule has 3 heterocycles. The summed E-state index contributed by atoms with van der Waals surface area (Å²) in [5.41, 5.74) is 3.68. The van der Waals surface area contributed by atoms with Gasteiger partial charge in [0, 0.05) is 35.6 Å². The number of rotatable bonds is 4. The Morgan fingerprint density at radius 1 is 1.03 bits per heavy atom. The Morgan fingerprint density at radius 2 is 1.83 bits per heavy atom. The molecule has 3 N–H and O–H groups in total. The van der Waals surface area contributed by atoms with Gasteiger partial charge in [0.05, 0.1) is 39.9 Å². The third-order valence-corrected chi connectivity index (χ3v) is 4.73. The molecule has 0 bridgehead atoms. The van der Waals surface area contributed by atoms with E-state index in [9.17, 15) is 18.8 Å². The van der Waals surface area contributed by atoms with Gasteiger partial charge < -0.3 is 15.4 Å². The zero-order chi connectivity index (χ0) is 21.4. The zero-order valence-corrected chi connectivity index (χ0v) is 16.2. The highest BCUT2D eigenvalue weighted by molar-refractivity contribution is 6.58. The summed E-state index contributed by atoms with van der Waals surface area (Å²) >= 11 is 0. The molecule has 0 saturated heterocycles. The van der Waals surface area contributed by atoms with Crippen molar-refractivity contribution >= 4 is 34.9 Å². The van der Waals surface area contributed by atoms with Gasteiger partial charge in [0.15, 0.2) is 0 Å². The molecule has 0 aliphatic heterocycles. The summed E-state index contributed by atoms with van der Waals surface area (Å²) in [4.78, 5) is 12.8. The van der Waals surface area contributed by atoms with Gasteiger partial charge in [-0.15, -0.1) is 0 Å². The van der Waals surface area contributed by atoms with Gasteiger partial charge in [-0.2, -0.15) is 0 Å². The Kier molecular flexibility index (Phi) is 5.15. The van der Waals surface area contributed by atoms with Crippen molar-refractivity contribution in [2.75, 3.05) is 5.32 Å². The van der Waals surface area contributed by atoms with E-state index in [0.29, 0.717) is 28.3 Å². The number of halogens is 2.